The van der Waals surface area contributed by atoms with E-state index in [9.17, 15) is 9.90 Å². The first-order valence-electron chi connectivity index (χ1n) is 5.87. The SMILES string of the molecule is O=C(O)c1cn(-c2ccc(Cl)cc2Cl)nc1-c1ccsc1. The number of halogens is 2. The first-order valence-corrected chi connectivity index (χ1v) is 7.57. The van der Waals surface area contributed by atoms with Gasteiger partial charge in [0.2, 0.25) is 0 Å². The fourth-order valence-electron chi connectivity index (χ4n) is 1.93. The van der Waals surface area contributed by atoms with Crippen molar-refractivity contribution >= 4 is 40.5 Å². The van der Waals surface area contributed by atoms with E-state index in [0.717, 1.165) is 5.56 Å². The molecule has 0 atom stereocenters. The molecule has 0 fully saturated rings. The Kier molecular flexibility index (Phi) is 3.71. The Labute approximate surface area is 134 Å². The standard InChI is InChI=1S/C14H8Cl2N2O2S/c15-9-1-2-12(11(16)5-9)18-6-10(14(19)20)13(17-18)8-3-4-21-7-8/h1-7H,(H,19,20). The summed E-state index contributed by atoms with van der Waals surface area (Å²) in [5.41, 5.74) is 1.88. The summed E-state index contributed by atoms with van der Waals surface area (Å²) in [4.78, 5) is 11.4. The molecule has 7 heteroatoms. The van der Waals surface area contributed by atoms with Crippen molar-refractivity contribution < 1.29 is 9.90 Å². The van der Waals surface area contributed by atoms with E-state index in [-0.39, 0.29) is 5.56 Å². The molecule has 0 aliphatic carbocycles. The summed E-state index contributed by atoms with van der Waals surface area (Å²) in [7, 11) is 0. The fraction of sp³-hybridized carbons (Fsp3) is 0. The summed E-state index contributed by atoms with van der Waals surface area (Å²) in [5, 5.41) is 18.3. The highest BCUT2D eigenvalue weighted by Crippen LogP contribution is 2.29. The van der Waals surface area contributed by atoms with Gasteiger partial charge in [-0.1, -0.05) is 23.2 Å². The number of hydrogen-bond donors (Lipinski definition) is 1. The summed E-state index contributed by atoms with van der Waals surface area (Å²) >= 11 is 13.5. The average molecular weight is 339 g/mol. The van der Waals surface area contributed by atoms with Crippen LogP contribution in [0.25, 0.3) is 16.9 Å². The highest BCUT2D eigenvalue weighted by molar-refractivity contribution is 7.08. The first kappa shape index (κ1) is 14.1. The van der Waals surface area contributed by atoms with Gasteiger partial charge in [0.15, 0.2) is 0 Å². The zero-order chi connectivity index (χ0) is 15.0. The molecule has 0 bridgehead atoms. The third-order valence-electron chi connectivity index (χ3n) is 2.90. The van der Waals surface area contributed by atoms with Gasteiger partial charge in [0.1, 0.15) is 11.3 Å². The van der Waals surface area contributed by atoms with E-state index in [0.29, 0.717) is 21.4 Å². The van der Waals surface area contributed by atoms with Gasteiger partial charge in [-0.2, -0.15) is 16.4 Å². The van der Waals surface area contributed by atoms with Crippen LogP contribution in [0.5, 0.6) is 0 Å². The Balaban J connectivity index is 2.17. The van der Waals surface area contributed by atoms with Gasteiger partial charge in [-0.15, -0.1) is 0 Å². The molecule has 0 aliphatic rings. The number of nitrogens with zero attached hydrogens (tertiary/aromatic N) is 2. The normalized spacial score (nSPS) is 10.8. The Morgan fingerprint density at radius 2 is 2.10 bits per heavy atom. The summed E-state index contributed by atoms with van der Waals surface area (Å²) in [6, 6.07) is 6.79. The summed E-state index contributed by atoms with van der Waals surface area (Å²) in [6.07, 6.45) is 1.45. The van der Waals surface area contributed by atoms with Crippen molar-refractivity contribution in [3.05, 3.63) is 56.8 Å². The molecule has 0 unspecified atom stereocenters. The van der Waals surface area contributed by atoms with E-state index in [2.05, 4.69) is 5.10 Å². The molecular formula is C14H8Cl2N2O2S. The van der Waals surface area contributed by atoms with Crippen molar-refractivity contribution in [2.75, 3.05) is 0 Å². The van der Waals surface area contributed by atoms with Crippen LogP contribution in [0.3, 0.4) is 0 Å². The first-order chi connectivity index (χ1) is 10.1. The largest absolute Gasteiger partial charge is 0.478 e. The van der Waals surface area contributed by atoms with Crippen LogP contribution >= 0.6 is 34.5 Å². The quantitative estimate of drug-likeness (QED) is 0.758. The lowest BCUT2D eigenvalue weighted by Crippen LogP contribution is -1.96. The lowest BCUT2D eigenvalue weighted by atomic mass is 10.1. The van der Waals surface area contributed by atoms with E-state index in [1.807, 2.05) is 16.8 Å². The number of benzene rings is 1. The monoisotopic (exact) mass is 338 g/mol. The lowest BCUT2D eigenvalue weighted by Gasteiger charge is -2.04. The minimum atomic E-state index is -1.03. The average Bonchev–Trinajstić information content (AvgIpc) is 3.07. The maximum atomic E-state index is 11.4. The minimum absolute atomic E-state index is 0.124. The molecule has 2 aromatic heterocycles. The molecule has 0 radical (unpaired) electrons. The van der Waals surface area contributed by atoms with E-state index >= 15 is 0 Å². The molecular weight excluding hydrogens is 331 g/mol. The van der Waals surface area contributed by atoms with Gasteiger partial charge in [0.05, 0.1) is 10.7 Å². The number of carbonyl (C=O) groups is 1. The molecule has 0 saturated carbocycles. The zero-order valence-corrected chi connectivity index (χ0v) is 12.8. The van der Waals surface area contributed by atoms with Gasteiger partial charge < -0.3 is 5.11 Å². The van der Waals surface area contributed by atoms with Gasteiger partial charge in [0.25, 0.3) is 0 Å². The molecule has 0 spiro atoms. The molecule has 0 saturated heterocycles. The molecule has 1 N–H and O–H groups in total. The summed E-state index contributed by atoms with van der Waals surface area (Å²) in [5.74, 6) is -1.03. The van der Waals surface area contributed by atoms with Crippen molar-refractivity contribution in [2.45, 2.75) is 0 Å². The van der Waals surface area contributed by atoms with Gasteiger partial charge in [-0.05, 0) is 29.6 Å². The van der Waals surface area contributed by atoms with Crippen LogP contribution in [0.4, 0.5) is 0 Å². The second-order valence-electron chi connectivity index (χ2n) is 4.25. The predicted octanol–water partition coefficient (Wildman–Crippen LogP) is 4.61. The molecule has 21 heavy (non-hydrogen) atoms. The van der Waals surface area contributed by atoms with Crippen LogP contribution in [-0.2, 0) is 0 Å². The Bertz CT molecular complexity index is 813. The molecule has 0 amide bonds. The molecule has 106 valence electrons. The van der Waals surface area contributed by atoms with Crippen LogP contribution in [0.2, 0.25) is 10.0 Å². The van der Waals surface area contributed by atoms with Crippen LogP contribution in [0.15, 0.2) is 41.2 Å². The maximum Gasteiger partial charge on any atom is 0.339 e. The maximum absolute atomic E-state index is 11.4. The molecule has 2 heterocycles. The Morgan fingerprint density at radius 1 is 1.29 bits per heavy atom. The topological polar surface area (TPSA) is 55.1 Å². The summed E-state index contributed by atoms with van der Waals surface area (Å²) < 4.78 is 1.45. The molecule has 3 rings (SSSR count). The van der Waals surface area contributed by atoms with Gasteiger partial charge in [-0.3, -0.25) is 0 Å². The van der Waals surface area contributed by atoms with E-state index < -0.39 is 5.97 Å². The Morgan fingerprint density at radius 3 is 2.71 bits per heavy atom. The van der Waals surface area contributed by atoms with Crippen molar-refractivity contribution in [3.63, 3.8) is 0 Å². The molecule has 4 nitrogen and oxygen atoms in total. The van der Waals surface area contributed by atoms with E-state index in [1.54, 1.807) is 18.2 Å². The predicted molar refractivity (Wildman–Crippen MR) is 83.9 cm³/mol. The zero-order valence-electron chi connectivity index (χ0n) is 10.5. The van der Waals surface area contributed by atoms with Crippen molar-refractivity contribution in [3.8, 4) is 16.9 Å². The number of thiophene rings is 1. The highest BCUT2D eigenvalue weighted by Gasteiger charge is 2.19. The van der Waals surface area contributed by atoms with E-state index in [1.165, 1.54) is 22.2 Å². The van der Waals surface area contributed by atoms with Crippen molar-refractivity contribution in [2.24, 2.45) is 0 Å². The number of aromatic carboxylic acids is 1. The number of aromatic nitrogens is 2. The minimum Gasteiger partial charge on any atom is -0.478 e. The van der Waals surface area contributed by atoms with Crippen LogP contribution < -0.4 is 0 Å². The van der Waals surface area contributed by atoms with Crippen LogP contribution in [-0.4, -0.2) is 20.9 Å². The van der Waals surface area contributed by atoms with Crippen LogP contribution in [0.1, 0.15) is 10.4 Å². The van der Waals surface area contributed by atoms with E-state index in [4.69, 9.17) is 23.2 Å². The van der Waals surface area contributed by atoms with Crippen molar-refractivity contribution in [1.82, 2.24) is 9.78 Å². The van der Waals surface area contributed by atoms with Gasteiger partial charge >= 0.3 is 5.97 Å². The Hall–Kier alpha value is -1.82. The lowest BCUT2D eigenvalue weighted by molar-refractivity contribution is 0.0697. The third kappa shape index (κ3) is 2.68. The van der Waals surface area contributed by atoms with Gasteiger partial charge in [-0.25, -0.2) is 9.48 Å². The van der Waals surface area contributed by atoms with Crippen molar-refractivity contribution in [1.29, 1.82) is 0 Å². The molecule has 1 aromatic carbocycles. The summed E-state index contributed by atoms with van der Waals surface area (Å²) in [6.45, 7) is 0. The third-order valence-corrected chi connectivity index (χ3v) is 4.12. The second kappa shape index (κ2) is 5.52. The van der Waals surface area contributed by atoms with Crippen LogP contribution in [0, 0.1) is 0 Å². The fourth-order valence-corrected chi connectivity index (χ4v) is 3.07. The number of carboxylic acid groups (broad SMARTS) is 1. The smallest absolute Gasteiger partial charge is 0.339 e. The number of rotatable bonds is 3. The second-order valence-corrected chi connectivity index (χ2v) is 5.87. The number of carboxylic acids is 1. The van der Waals surface area contributed by atoms with Gasteiger partial charge in [0, 0.05) is 22.2 Å². The number of hydrogen-bond acceptors (Lipinski definition) is 3. The molecule has 0 aliphatic heterocycles. The highest BCUT2D eigenvalue weighted by atomic mass is 35.5. The molecule has 3 aromatic rings.